The van der Waals surface area contributed by atoms with Gasteiger partial charge >= 0.3 is 0 Å². The molecule has 0 bridgehead atoms. The first-order valence-electron chi connectivity index (χ1n) is 6.07. The van der Waals surface area contributed by atoms with Crippen molar-refractivity contribution < 1.29 is 9.63 Å². The molecular formula is C12H16ClN3O2. The van der Waals surface area contributed by atoms with Crippen LogP contribution in [-0.2, 0) is 4.84 Å². The highest BCUT2D eigenvalue weighted by atomic mass is 35.5. The summed E-state index contributed by atoms with van der Waals surface area (Å²) >= 11 is 5.99. The molecule has 0 unspecified atom stereocenters. The smallest absolute Gasteiger partial charge is 0.271 e. The topological polar surface area (TPSA) is 55.3 Å². The Morgan fingerprint density at radius 2 is 2.28 bits per heavy atom. The van der Waals surface area contributed by atoms with Crippen LogP contribution in [0.1, 0.15) is 48.9 Å². The summed E-state index contributed by atoms with van der Waals surface area (Å²) in [5.74, 6) is 0.472. The van der Waals surface area contributed by atoms with Crippen LogP contribution < -0.4 is 0 Å². The fraction of sp³-hybridized carbons (Fsp3) is 0.583. The number of rotatable bonds is 2. The standard InChI is InChI=1S/C12H16ClN3O2/c1-8(2)11-14-7-9(13)10(15-11)12(17)16-5-3-4-6-18-16/h7-8H,3-6H2,1-2H3. The lowest BCUT2D eigenvalue weighted by Crippen LogP contribution is -2.36. The van der Waals surface area contributed by atoms with Crippen LogP contribution in [-0.4, -0.2) is 34.1 Å². The van der Waals surface area contributed by atoms with Crippen LogP contribution in [0, 0.1) is 0 Å². The molecule has 1 fully saturated rings. The first-order valence-corrected chi connectivity index (χ1v) is 6.44. The Hall–Kier alpha value is -1.20. The number of nitrogens with zero attached hydrogens (tertiary/aromatic N) is 3. The molecule has 1 aliphatic rings. The molecule has 1 saturated heterocycles. The minimum Gasteiger partial charge on any atom is -0.271 e. The molecule has 18 heavy (non-hydrogen) atoms. The Labute approximate surface area is 111 Å². The predicted octanol–water partition coefficient (Wildman–Crippen LogP) is 2.42. The third-order valence-corrected chi connectivity index (χ3v) is 2.99. The number of amides is 1. The number of halogens is 1. The molecule has 1 aliphatic heterocycles. The maximum Gasteiger partial charge on any atom is 0.297 e. The highest BCUT2D eigenvalue weighted by Crippen LogP contribution is 2.19. The lowest BCUT2D eigenvalue weighted by atomic mass is 10.2. The molecule has 0 N–H and O–H groups in total. The van der Waals surface area contributed by atoms with Crippen LogP contribution >= 0.6 is 11.6 Å². The van der Waals surface area contributed by atoms with Crippen LogP contribution in [0.15, 0.2) is 6.20 Å². The highest BCUT2D eigenvalue weighted by Gasteiger charge is 2.24. The van der Waals surface area contributed by atoms with Gasteiger partial charge in [-0.15, -0.1) is 0 Å². The summed E-state index contributed by atoms with van der Waals surface area (Å²) in [6.07, 6.45) is 3.38. The number of carbonyl (C=O) groups is 1. The minimum absolute atomic E-state index is 0.149. The molecule has 0 aliphatic carbocycles. The number of hydrogen-bond donors (Lipinski definition) is 0. The van der Waals surface area contributed by atoms with Crippen molar-refractivity contribution in [2.45, 2.75) is 32.6 Å². The molecule has 1 aromatic heterocycles. The first-order chi connectivity index (χ1) is 8.59. The van der Waals surface area contributed by atoms with Crippen molar-refractivity contribution in [1.82, 2.24) is 15.0 Å². The Kier molecular flexibility index (Phi) is 4.14. The molecule has 5 nitrogen and oxygen atoms in total. The fourth-order valence-corrected chi connectivity index (χ4v) is 1.86. The second kappa shape index (κ2) is 5.63. The summed E-state index contributed by atoms with van der Waals surface area (Å²) in [7, 11) is 0. The SMILES string of the molecule is CC(C)c1ncc(Cl)c(C(=O)N2CCCCO2)n1. The number of hydroxylamine groups is 2. The summed E-state index contributed by atoms with van der Waals surface area (Å²) in [6, 6.07) is 0. The minimum atomic E-state index is -0.288. The summed E-state index contributed by atoms with van der Waals surface area (Å²) in [4.78, 5) is 25.9. The molecule has 0 spiro atoms. The van der Waals surface area contributed by atoms with Gasteiger partial charge in [-0.2, -0.15) is 0 Å². The fourth-order valence-electron chi connectivity index (χ4n) is 1.68. The molecular weight excluding hydrogens is 254 g/mol. The Morgan fingerprint density at radius 1 is 1.50 bits per heavy atom. The van der Waals surface area contributed by atoms with Gasteiger partial charge in [0, 0.05) is 12.5 Å². The van der Waals surface area contributed by atoms with Gasteiger partial charge in [-0.25, -0.2) is 15.0 Å². The van der Waals surface area contributed by atoms with Crippen molar-refractivity contribution in [3.05, 3.63) is 22.7 Å². The van der Waals surface area contributed by atoms with E-state index in [1.165, 1.54) is 11.3 Å². The van der Waals surface area contributed by atoms with Crippen molar-refractivity contribution in [2.75, 3.05) is 13.2 Å². The molecule has 1 aromatic rings. The molecule has 98 valence electrons. The van der Waals surface area contributed by atoms with Gasteiger partial charge in [-0.3, -0.25) is 9.63 Å². The molecule has 0 aromatic carbocycles. The second-order valence-electron chi connectivity index (χ2n) is 4.53. The van der Waals surface area contributed by atoms with Crippen molar-refractivity contribution in [3.8, 4) is 0 Å². The lowest BCUT2D eigenvalue weighted by molar-refractivity contribution is -0.144. The molecule has 1 amide bonds. The molecule has 2 heterocycles. The third-order valence-electron chi connectivity index (χ3n) is 2.71. The van der Waals surface area contributed by atoms with E-state index in [0.29, 0.717) is 19.0 Å². The van der Waals surface area contributed by atoms with Crippen LogP contribution in [0.25, 0.3) is 0 Å². The number of carbonyl (C=O) groups excluding carboxylic acids is 1. The number of aromatic nitrogens is 2. The van der Waals surface area contributed by atoms with Crippen molar-refractivity contribution in [1.29, 1.82) is 0 Å². The maximum absolute atomic E-state index is 12.2. The highest BCUT2D eigenvalue weighted by molar-refractivity contribution is 6.33. The Balaban J connectivity index is 2.25. The molecule has 0 atom stereocenters. The molecule has 0 saturated carbocycles. The molecule has 6 heteroatoms. The van der Waals surface area contributed by atoms with Crippen molar-refractivity contribution in [3.63, 3.8) is 0 Å². The predicted molar refractivity (Wildman–Crippen MR) is 67.4 cm³/mol. The zero-order valence-corrected chi connectivity index (χ0v) is 11.3. The van der Waals surface area contributed by atoms with E-state index in [1.807, 2.05) is 13.8 Å². The van der Waals surface area contributed by atoms with Gasteiger partial charge < -0.3 is 0 Å². The summed E-state index contributed by atoms with van der Waals surface area (Å²) in [6.45, 7) is 5.07. The van der Waals surface area contributed by atoms with E-state index < -0.39 is 0 Å². The second-order valence-corrected chi connectivity index (χ2v) is 4.93. The van der Waals surface area contributed by atoms with E-state index in [9.17, 15) is 4.79 Å². The zero-order chi connectivity index (χ0) is 13.1. The molecule has 0 radical (unpaired) electrons. The van der Waals surface area contributed by atoms with Crippen LogP contribution in [0.2, 0.25) is 5.02 Å². The summed E-state index contributed by atoms with van der Waals surface area (Å²) in [5.41, 5.74) is 0.220. The Morgan fingerprint density at radius 3 is 2.89 bits per heavy atom. The summed E-state index contributed by atoms with van der Waals surface area (Å²) < 4.78 is 0. The third kappa shape index (κ3) is 2.79. The maximum atomic E-state index is 12.2. The largest absolute Gasteiger partial charge is 0.297 e. The lowest BCUT2D eigenvalue weighted by Gasteiger charge is -2.25. The van der Waals surface area contributed by atoms with Crippen LogP contribution in [0.5, 0.6) is 0 Å². The van der Waals surface area contributed by atoms with E-state index in [0.717, 1.165) is 12.8 Å². The van der Waals surface area contributed by atoms with E-state index >= 15 is 0 Å². The van der Waals surface area contributed by atoms with Gasteiger partial charge in [-0.1, -0.05) is 25.4 Å². The van der Waals surface area contributed by atoms with E-state index in [-0.39, 0.29) is 22.5 Å². The Bertz CT molecular complexity index is 445. The molecule has 2 rings (SSSR count). The summed E-state index contributed by atoms with van der Waals surface area (Å²) in [5, 5.41) is 1.60. The van der Waals surface area contributed by atoms with E-state index in [2.05, 4.69) is 9.97 Å². The van der Waals surface area contributed by atoms with E-state index in [4.69, 9.17) is 16.4 Å². The van der Waals surface area contributed by atoms with E-state index in [1.54, 1.807) is 0 Å². The van der Waals surface area contributed by atoms with Gasteiger partial charge in [0.1, 0.15) is 5.82 Å². The van der Waals surface area contributed by atoms with Crippen molar-refractivity contribution >= 4 is 17.5 Å². The van der Waals surface area contributed by atoms with Gasteiger partial charge in [-0.05, 0) is 12.8 Å². The van der Waals surface area contributed by atoms with Gasteiger partial charge in [0.05, 0.1) is 17.8 Å². The quantitative estimate of drug-likeness (QED) is 0.827. The first kappa shape index (κ1) is 13.2. The van der Waals surface area contributed by atoms with Gasteiger partial charge in [0.25, 0.3) is 5.91 Å². The normalized spacial score (nSPS) is 16.1. The van der Waals surface area contributed by atoms with Crippen LogP contribution in [0.3, 0.4) is 0 Å². The van der Waals surface area contributed by atoms with Crippen molar-refractivity contribution in [2.24, 2.45) is 0 Å². The average Bonchev–Trinajstić information content (AvgIpc) is 2.39. The zero-order valence-electron chi connectivity index (χ0n) is 10.5. The van der Waals surface area contributed by atoms with Gasteiger partial charge in [0.15, 0.2) is 5.69 Å². The van der Waals surface area contributed by atoms with Gasteiger partial charge in [0.2, 0.25) is 0 Å². The average molecular weight is 270 g/mol. The number of hydrogen-bond acceptors (Lipinski definition) is 4. The van der Waals surface area contributed by atoms with Crippen LogP contribution in [0.4, 0.5) is 0 Å². The monoisotopic (exact) mass is 269 g/mol.